The normalized spacial score (nSPS) is 20.5. The molecule has 0 amide bonds. The largest absolute Gasteiger partial charge is 0.398 e. The zero-order valence-corrected chi connectivity index (χ0v) is 11.3. The van der Waals surface area contributed by atoms with Gasteiger partial charge in [0.05, 0.1) is 5.69 Å². The van der Waals surface area contributed by atoms with E-state index < -0.39 is 0 Å². The zero-order chi connectivity index (χ0) is 13.1. The molecule has 1 aromatic heterocycles. The number of nitrogens with zero attached hydrogens (tertiary/aromatic N) is 2. The predicted molar refractivity (Wildman–Crippen MR) is 73.2 cm³/mol. The Bertz CT molecular complexity index is 420. The Labute approximate surface area is 109 Å². The molecule has 4 nitrogen and oxygen atoms in total. The van der Waals surface area contributed by atoms with Crippen LogP contribution in [-0.2, 0) is 6.54 Å². The first kappa shape index (κ1) is 13.3. The molecule has 4 heteroatoms. The summed E-state index contributed by atoms with van der Waals surface area (Å²) in [6.45, 7) is 7.37. The SMILES string of the molecule is Cc1cnc(CN2CCC(CCO)C2)c(C)c1N. The monoisotopic (exact) mass is 249 g/mol. The van der Waals surface area contributed by atoms with Crippen LogP contribution >= 0.6 is 0 Å². The van der Waals surface area contributed by atoms with Crippen LogP contribution in [0.2, 0.25) is 0 Å². The molecule has 2 rings (SSSR count). The quantitative estimate of drug-likeness (QED) is 0.848. The fraction of sp³-hybridized carbons (Fsp3) is 0.643. The molecule has 18 heavy (non-hydrogen) atoms. The average Bonchev–Trinajstić information content (AvgIpc) is 2.78. The van der Waals surface area contributed by atoms with Gasteiger partial charge in [0.25, 0.3) is 0 Å². The van der Waals surface area contributed by atoms with Crippen molar-refractivity contribution in [3.8, 4) is 0 Å². The van der Waals surface area contributed by atoms with Gasteiger partial charge in [0.1, 0.15) is 0 Å². The van der Waals surface area contributed by atoms with Crippen molar-refractivity contribution >= 4 is 5.69 Å². The van der Waals surface area contributed by atoms with Crippen molar-refractivity contribution < 1.29 is 5.11 Å². The molecular formula is C14H23N3O. The molecule has 1 atom stereocenters. The van der Waals surface area contributed by atoms with Gasteiger partial charge in [-0.15, -0.1) is 0 Å². The van der Waals surface area contributed by atoms with Crippen molar-refractivity contribution in [1.29, 1.82) is 0 Å². The van der Waals surface area contributed by atoms with Crippen molar-refractivity contribution in [1.82, 2.24) is 9.88 Å². The molecule has 1 saturated heterocycles. The van der Waals surface area contributed by atoms with Crippen LogP contribution in [0.3, 0.4) is 0 Å². The van der Waals surface area contributed by atoms with Crippen LogP contribution in [0.25, 0.3) is 0 Å². The van der Waals surface area contributed by atoms with E-state index in [1.54, 1.807) is 0 Å². The number of nitrogen functional groups attached to an aromatic ring is 1. The molecule has 1 aliphatic rings. The molecule has 0 aromatic carbocycles. The first-order valence-electron chi connectivity index (χ1n) is 6.65. The Morgan fingerprint density at radius 1 is 1.50 bits per heavy atom. The van der Waals surface area contributed by atoms with E-state index in [9.17, 15) is 0 Å². The predicted octanol–water partition coefficient (Wildman–Crippen LogP) is 1.48. The summed E-state index contributed by atoms with van der Waals surface area (Å²) in [6, 6.07) is 0. The Balaban J connectivity index is 2.01. The van der Waals surface area contributed by atoms with Crippen LogP contribution in [0.1, 0.15) is 29.7 Å². The summed E-state index contributed by atoms with van der Waals surface area (Å²) in [5.74, 6) is 0.637. The summed E-state index contributed by atoms with van der Waals surface area (Å²) >= 11 is 0. The topological polar surface area (TPSA) is 62.4 Å². The Morgan fingerprint density at radius 3 is 3.00 bits per heavy atom. The van der Waals surface area contributed by atoms with Crippen LogP contribution < -0.4 is 5.73 Å². The van der Waals surface area contributed by atoms with Gasteiger partial charge < -0.3 is 10.8 Å². The lowest BCUT2D eigenvalue weighted by molar-refractivity contribution is 0.248. The summed E-state index contributed by atoms with van der Waals surface area (Å²) in [4.78, 5) is 6.91. The zero-order valence-electron chi connectivity index (χ0n) is 11.3. The van der Waals surface area contributed by atoms with Crippen molar-refractivity contribution in [2.75, 3.05) is 25.4 Å². The molecular weight excluding hydrogens is 226 g/mol. The fourth-order valence-corrected chi connectivity index (χ4v) is 2.64. The minimum Gasteiger partial charge on any atom is -0.398 e. The number of likely N-dealkylation sites (tertiary alicyclic amines) is 1. The van der Waals surface area contributed by atoms with Gasteiger partial charge in [0.2, 0.25) is 0 Å². The van der Waals surface area contributed by atoms with Gasteiger partial charge in [0, 0.05) is 31.6 Å². The molecule has 1 aromatic rings. The minimum absolute atomic E-state index is 0.299. The molecule has 0 aliphatic carbocycles. The van der Waals surface area contributed by atoms with Gasteiger partial charge in [0.15, 0.2) is 0 Å². The highest BCUT2D eigenvalue weighted by Gasteiger charge is 2.22. The van der Waals surface area contributed by atoms with Crippen LogP contribution in [-0.4, -0.2) is 34.7 Å². The third-order valence-corrected chi connectivity index (χ3v) is 3.96. The van der Waals surface area contributed by atoms with Gasteiger partial charge in [-0.2, -0.15) is 0 Å². The molecule has 1 aliphatic heterocycles. The Hall–Kier alpha value is -1.13. The van der Waals surface area contributed by atoms with Gasteiger partial charge in [-0.3, -0.25) is 9.88 Å². The third-order valence-electron chi connectivity index (χ3n) is 3.96. The van der Waals surface area contributed by atoms with E-state index in [1.807, 2.05) is 20.0 Å². The van der Waals surface area contributed by atoms with Crippen molar-refractivity contribution in [2.45, 2.75) is 33.2 Å². The maximum atomic E-state index is 8.97. The van der Waals surface area contributed by atoms with Crippen LogP contribution in [0.15, 0.2) is 6.20 Å². The highest BCUT2D eigenvalue weighted by molar-refractivity contribution is 5.53. The summed E-state index contributed by atoms with van der Waals surface area (Å²) in [7, 11) is 0. The van der Waals surface area contributed by atoms with Gasteiger partial charge in [-0.05, 0) is 50.3 Å². The Kier molecular flexibility index (Phi) is 4.19. The third kappa shape index (κ3) is 2.82. The number of anilines is 1. The Morgan fingerprint density at radius 2 is 2.28 bits per heavy atom. The number of hydrogen-bond donors (Lipinski definition) is 2. The van der Waals surface area contributed by atoms with Crippen molar-refractivity contribution in [2.24, 2.45) is 5.92 Å². The van der Waals surface area contributed by atoms with Crippen LogP contribution in [0.4, 0.5) is 5.69 Å². The summed E-state index contributed by atoms with van der Waals surface area (Å²) in [5.41, 5.74) is 10.2. The van der Waals surface area contributed by atoms with E-state index in [4.69, 9.17) is 10.8 Å². The number of aromatic nitrogens is 1. The van der Waals surface area contributed by atoms with Gasteiger partial charge in [-0.1, -0.05) is 0 Å². The number of aliphatic hydroxyl groups excluding tert-OH is 1. The smallest absolute Gasteiger partial charge is 0.0593 e. The van der Waals surface area contributed by atoms with Crippen LogP contribution in [0, 0.1) is 19.8 Å². The second kappa shape index (κ2) is 5.67. The number of aliphatic hydroxyl groups is 1. The fourth-order valence-electron chi connectivity index (χ4n) is 2.64. The van der Waals surface area contributed by atoms with Gasteiger partial charge >= 0.3 is 0 Å². The summed E-state index contributed by atoms with van der Waals surface area (Å²) in [5, 5.41) is 8.97. The summed E-state index contributed by atoms with van der Waals surface area (Å²) in [6.07, 6.45) is 3.96. The first-order valence-corrected chi connectivity index (χ1v) is 6.65. The number of rotatable bonds is 4. The first-order chi connectivity index (χ1) is 8.61. The number of nitrogens with two attached hydrogens (primary N) is 1. The van der Waals surface area contributed by atoms with E-state index in [0.717, 1.165) is 48.6 Å². The molecule has 0 spiro atoms. The maximum absolute atomic E-state index is 8.97. The minimum atomic E-state index is 0.299. The lowest BCUT2D eigenvalue weighted by Gasteiger charge is -2.18. The highest BCUT2D eigenvalue weighted by Crippen LogP contribution is 2.23. The van der Waals surface area contributed by atoms with Crippen molar-refractivity contribution in [3.05, 3.63) is 23.0 Å². The maximum Gasteiger partial charge on any atom is 0.0593 e. The van der Waals surface area contributed by atoms with E-state index in [-0.39, 0.29) is 0 Å². The van der Waals surface area contributed by atoms with Gasteiger partial charge in [-0.25, -0.2) is 0 Å². The molecule has 2 heterocycles. The van der Waals surface area contributed by atoms with E-state index in [2.05, 4.69) is 9.88 Å². The lowest BCUT2D eigenvalue weighted by atomic mass is 10.1. The molecule has 1 unspecified atom stereocenters. The highest BCUT2D eigenvalue weighted by atomic mass is 16.3. The number of pyridine rings is 1. The summed E-state index contributed by atoms with van der Waals surface area (Å²) < 4.78 is 0. The van der Waals surface area contributed by atoms with E-state index in [0.29, 0.717) is 12.5 Å². The second-order valence-corrected chi connectivity index (χ2v) is 5.33. The average molecular weight is 249 g/mol. The van der Waals surface area contributed by atoms with Crippen molar-refractivity contribution in [3.63, 3.8) is 0 Å². The standard InChI is InChI=1S/C14H23N3O/c1-10-7-16-13(11(2)14(10)15)9-17-5-3-12(8-17)4-6-18/h7,12,18H,3-6,8-9H2,1-2H3,(H2,15,16). The number of aryl methyl sites for hydroxylation is 1. The second-order valence-electron chi connectivity index (χ2n) is 5.33. The molecule has 1 fully saturated rings. The van der Waals surface area contributed by atoms with E-state index in [1.165, 1.54) is 6.42 Å². The molecule has 0 saturated carbocycles. The lowest BCUT2D eigenvalue weighted by Crippen LogP contribution is -2.22. The molecule has 3 N–H and O–H groups in total. The van der Waals surface area contributed by atoms with E-state index >= 15 is 0 Å². The van der Waals surface area contributed by atoms with Crippen LogP contribution in [0.5, 0.6) is 0 Å². The molecule has 100 valence electrons. The molecule has 0 bridgehead atoms. The number of hydrogen-bond acceptors (Lipinski definition) is 4. The molecule has 0 radical (unpaired) electrons.